The summed E-state index contributed by atoms with van der Waals surface area (Å²) in [6.07, 6.45) is 0. The molecule has 0 spiro atoms. The number of carbonyl (C=O) groups is 1. The number of nitrogens with two attached hydrogens (primary N) is 1. The van der Waals surface area contributed by atoms with E-state index in [1.165, 1.54) is 0 Å². The number of hydrogen-bond acceptors (Lipinski definition) is 3. The molecule has 0 fully saturated rings. The number of rotatable bonds is 4. The van der Waals surface area contributed by atoms with Crippen LogP contribution in [0.15, 0.2) is 12.1 Å². The first-order chi connectivity index (χ1) is 7.51. The maximum absolute atomic E-state index is 12.1. The molecule has 0 heterocycles. The summed E-state index contributed by atoms with van der Waals surface area (Å²) >= 11 is 0. The molecule has 2 N–H and O–H groups in total. The van der Waals surface area contributed by atoms with Crippen LogP contribution in [0.1, 0.15) is 28.4 Å². The summed E-state index contributed by atoms with van der Waals surface area (Å²) in [5.74, 6) is 0.523. The van der Waals surface area contributed by atoms with E-state index >= 15 is 0 Å². The van der Waals surface area contributed by atoms with Gasteiger partial charge < -0.3 is 10.5 Å². The first kappa shape index (κ1) is 12.7. The van der Waals surface area contributed by atoms with Crippen molar-refractivity contribution in [1.29, 1.82) is 0 Å². The minimum absolute atomic E-state index is 0.0526. The van der Waals surface area contributed by atoms with Gasteiger partial charge in [0, 0.05) is 12.5 Å². The van der Waals surface area contributed by atoms with Crippen molar-refractivity contribution < 1.29 is 9.53 Å². The fraction of sp³-hybridized carbons (Fsp3) is 0.462. The predicted molar refractivity (Wildman–Crippen MR) is 65.0 cm³/mol. The van der Waals surface area contributed by atoms with E-state index in [0.717, 1.165) is 11.1 Å². The van der Waals surface area contributed by atoms with E-state index in [-0.39, 0.29) is 11.7 Å². The minimum atomic E-state index is -0.171. The van der Waals surface area contributed by atoms with E-state index in [4.69, 9.17) is 10.5 Å². The third-order valence-electron chi connectivity index (χ3n) is 2.71. The first-order valence-electron chi connectivity index (χ1n) is 5.40. The molecular weight excluding hydrogens is 202 g/mol. The monoisotopic (exact) mass is 221 g/mol. The lowest BCUT2D eigenvalue weighted by Crippen LogP contribution is -2.22. The van der Waals surface area contributed by atoms with E-state index in [0.29, 0.717) is 17.9 Å². The molecule has 1 unspecified atom stereocenters. The summed E-state index contributed by atoms with van der Waals surface area (Å²) < 4.78 is 5.26. The van der Waals surface area contributed by atoms with Gasteiger partial charge in [0.2, 0.25) is 0 Å². The van der Waals surface area contributed by atoms with Crippen molar-refractivity contribution in [2.24, 2.45) is 11.7 Å². The van der Waals surface area contributed by atoms with Gasteiger partial charge in [-0.15, -0.1) is 0 Å². The zero-order chi connectivity index (χ0) is 12.3. The SMILES string of the molecule is COc1cc(C)cc(C)c1C(=O)C(C)CN. The highest BCUT2D eigenvalue weighted by Gasteiger charge is 2.20. The molecule has 1 aromatic carbocycles. The number of benzene rings is 1. The molecule has 16 heavy (non-hydrogen) atoms. The van der Waals surface area contributed by atoms with Gasteiger partial charge in [0.15, 0.2) is 5.78 Å². The number of ether oxygens (including phenoxy) is 1. The van der Waals surface area contributed by atoms with Crippen LogP contribution in [0.25, 0.3) is 0 Å². The Morgan fingerprint density at radius 2 is 2.06 bits per heavy atom. The van der Waals surface area contributed by atoms with Crippen LogP contribution < -0.4 is 10.5 Å². The van der Waals surface area contributed by atoms with Crippen LogP contribution in [-0.4, -0.2) is 19.4 Å². The smallest absolute Gasteiger partial charge is 0.170 e. The lowest BCUT2D eigenvalue weighted by molar-refractivity contribution is 0.0930. The van der Waals surface area contributed by atoms with Gasteiger partial charge in [0.1, 0.15) is 5.75 Å². The molecule has 0 saturated carbocycles. The van der Waals surface area contributed by atoms with Gasteiger partial charge >= 0.3 is 0 Å². The van der Waals surface area contributed by atoms with E-state index in [9.17, 15) is 4.79 Å². The maximum Gasteiger partial charge on any atom is 0.170 e. The molecule has 0 aliphatic heterocycles. The number of carbonyl (C=O) groups excluding carboxylic acids is 1. The Hall–Kier alpha value is -1.35. The molecule has 0 bridgehead atoms. The molecular formula is C13H19NO2. The van der Waals surface area contributed by atoms with E-state index in [1.54, 1.807) is 7.11 Å². The minimum Gasteiger partial charge on any atom is -0.496 e. The third-order valence-corrected chi connectivity index (χ3v) is 2.71. The Morgan fingerprint density at radius 3 is 2.56 bits per heavy atom. The largest absolute Gasteiger partial charge is 0.496 e. The van der Waals surface area contributed by atoms with Crippen molar-refractivity contribution in [2.75, 3.05) is 13.7 Å². The quantitative estimate of drug-likeness (QED) is 0.792. The summed E-state index contributed by atoms with van der Waals surface area (Å²) in [5, 5.41) is 0. The molecule has 0 amide bonds. The number of aryl methyl sites for hydroxylation is 2. The van der Waals surface area contributed by atoms with E-state index in [1.807, 2.05) is 32.9 Å². The Bertz CT molecular complexity index is 399. The lowest BCUT2D eigenvalue weighted by Gasteiger charge is -2.14. The molecule has 0 saturated heterocycles. The van der Waals surface area contributed by atoms with Crippen LogP contribution >= 0.6 is 0 Å². The second kappa shape index (κ2) is 5.12. The molecule has 88 valence electrons. The highest BCUT2D eigenvalue weighted by atomic mass is 16.5. The molecule has 0 aliphatic carbocycles. The molecule has 1 aromatic rings. The van der Waals surface area contributed by atoms with Gasteiger partial charge in [-0.25, -0.2) is 0 Å². The molecule has 3 nitrogen and oxygen atoms in total. The number of methoxy groups -OCH3 is 1. The number of hydrogen-bond donors (Lipinski definition) is 1. The third kappa shape index (κ3) is 2.42. The van der Waals surface area contributed by atoms with Gasteiger partial charge in [-0.3, -0.25) is 4.79 Å². The predicted octanol–water partition coefficient (Wildman–Crippen LogP) is 2.09. The standard InChI is InChI=1S/C13H19NO2/c1-8-5-9(2)12(11(6-8)16-4)13(15)10(3)7-14/h5-6,10H,7,14H2,1-4H3. The zero-order valence-electron chi connectivity index (χ0n) is 10.3. The summed E-state index contributed by atoms with van der Waals surface area (Å²) in [5.41, 5.74) is 8.21. The van der Waals surface area contributed by atoms with Crippen molar-refractivity contribution in [3.05, 3.63) is 28.8 Å². The van der Waals surface area contributed by atoms with Crippen LogP contribution in [0.5, 0.6) is 5.75 Å². The normalized spacial score (nSPS) is 12.3. The highest BCUT2D eigenvalue weighted by Crippen LogP contribution is 2.26. The molecule has 0 aliphatic rings. The maximum atomic E-state index is 12.1. The second-order valence-electron chi connectivity index (χ2n) is 4.16. The van der Waals surface area contributed by atoms with Gasteiger partial charge in [-0.05, 0) is 31.0 Å². The summed E-state index contributed by atoms with van der Waals surface area (Å²) in [6.45, 7) is 6.10. The van der Waals surface area contributed by atoms with Gasteiger partial charge in [-0.2, -0.15) is 0 Å². The van der Waals surface area contributed by atoms with E-state index < -0.39 is 0 Å². The van der Waals surface area contributed by atoms with Crippen LogP contribution in [0.2, 0.25) is 0 Å². The van der Waals surface area contributed by atoms with Gasteiger partial charge in [-0.1, -0.05) is 13.0 Å². The van der Waals surface area contributed by atoms with Crippen LogP contribution in [0, 0.1) is 19.8 Å². The van der Waals surface area contributed by atoms with Crippen molar-refractivity contribution in [3.8, 4) is 5.75 Å². The van der Waals surface area contributed by atoms with Crippen molar-refractivity contribution in [3.63, 3.8) is 0 Å². The Kier molecular flexibility index (Phi) is 4.07. The second-order valence-corrected chi connectivity index (χ2v) is 4.16. The molecule has 1 atom stereocenters. The van der Waals surface area contributed by atoms with Crippen LogP contribution in [0.4, 0.5) is 0 Å². The van der Waals surface area contributed by atoms with Crippen molar-refractivity contribution >= 4 is 5.78 Å². The average molecular weight is 221 g/mol. The molecule has 3 heteroatoms. The Labute approximate surface area is 96.6 Å². The highest BCUT2D eigenvalue weighted by molar-refractivity contribution is 6.01. The summed E-state index contributed by atoms with van der Waals surface area (Å²) in [7, 11) is 1.58. The number of Topliss-reactive ketones (excluding diaryl/α,β-unsaturated/α-hetero) is 1. The van der Waals surface area contributed by atoms with Crippen LogP contribution in [-0.2, 0) is 0 Å². The van der Waals surface area contributed by atoms with Crippen LogP contribution in [0.3, 0.4) is 0 Å². The summed E-state index contributed by atoms with van der Waals surface area (Å²) in [6, 6.07) is 3.86. The first-order valence-corrected chi connectivity index (χ1v) is 5.40. The van der Waals surface area contributed by atoms with Gasteiger partial charge in [0.05, 0.1) is 12.7 Å². The van der Waals surface area contributed by atoms with Gasteiger partial charge in [0.25, 0.3) is 0 Å². The van der Waals surface area contributed by atoms with Crippen molar-refractivity contribution in [2.45, 2.75) is 20.8 Å². The molecule has 0 radical (unpaired) electrons. The average Bonchev–Trinajstić information content (AvgIpc) is 2.26. The number of ketones is 1. The fourth-order valence-electron chi connectivity index (χ4n) is 1.76. The van der Waals surface area contributed by atoms with Crippen molar-refractivity contribution in [1.82, 2.24) is 0 Å². The molecule has 1 rings (SSSR count). The lowest BCUT2D eigenvalue weighted by atomic mass is 9.94. The fourth-order valence-corrected chi connectivity index (χ4v) is 1.76. The Morgan fingerprint density at radius 1 is 1.44 bits per heavy atom. The zero-order valence-corrected chi connectivity index (χ0v) is 10.3. The summed E-state index contributed by atoms with van der Waals surface area (Å²) in [4.78, 5) is 12.1. The molecule has 0 aromatic heterocycles. The Balaban J connectivity index is 3.26. The topological polar surface area (TPSA) is 52.3 Å². The van der Waals surface area contributed by atoms with E-state index in [2.05, 4.69) is 0 Å².